The van der Waals surface area contributed by atoms with Gasteiger partial charge in [0.2, 0.25) is 5.82 Å². The number of aliphatic hydroxyl groups excluding tert-OH is 1. The molecule has 0 radical (unpaired) electrons. The molecule has 2 aromatic heterocycles. The van der Waals surface area contributed by atoms with Crippen molar-refractivity contribution in [2.75, 3.05) is 0 Å². The minimum absolute atomic E-state index is 0.0213. The number of tetrazole rings is 1. The quantitative estimate of drug-likeness (QED) is 0.469. The van der Waals surface area contributed by atoms with E-state index in [4.69, 9.17) is 5.10 Å². The van der Waals surface area contributed by atoms with Gasteiger partial charge < -0.3 is 5.11 Å². The monoisotopic (exact) mass is 402 g/mol. The maximum absolute atomic E-state index is 9.98. The van der Waals surface area contributed by atoms with Crippen LogP contribution in [0.2, 0.25) is 0 Å². The Morgan fingerprint density at radius 2 is 1.73 bits per heavy atom. The molecule has 0 spiro atoms. The molecule has 154 valence electrons. The molecule has 0 aliphatic rings. The Kier molecular flexibility index (Phi) is 5.99. The molecule has 0 bridgehead atoms. The van der Waals surface area contributed by atoms with Gasteiger partial charge >= 0.3 is 0 Å². The van der Waals surface area contributed by atoms with Gasteiger partial charge in [-0.05, 0) is 34.7 Å². The Balaban J connectivity index is 1.79. The summed E-state index contributed by atoms with van der Waals surface area (Å²) < 4.78 is 1.82. The van der Waals surface area contributed by atoms with Crippen LogP contribution in [0.1, 0.15) is 42.3 Å². The van der Waals surface area contributed by atoms with Crippen molar-refractivity contribution in [3.05, 3.63) is 71.0 Å². The number of aromatic amines is 1. The Labute approximate surface area is 175 Å². The molecule has 0 saturated heterocycles. The van der Waals surface area contributed by atoms with Crippen LogP contribution in [0.25, 0.3) is 22.5 Å². The zero-order valence-electron chi connectivity index (χ0n) is 17.3. The summed E-state index contributed by atoms with van der Waals surface area (Å²) in [5.74, 6) is 0.571. The molecule has 0 aliphatic heterocycles. The molecule has 4 rings (SSSR count). The van der Waals surface area contributed by atoms with Crippen LogP contribution in [0, 0.1) is 0 Å². The van der Waals surface area contributed by atoms with Crippen molar-refractivity contribution in [2.45, 2.75) is 39.2 Å². The first-order valence-corrected chi connectivity index (χ1v) is 10.3. The highest BCUT2D eigenvalue weighted by molar-refractivity contribution is 5.82. The fraction of sp³-hybridized carbons (Fsp3) is 0.304. The Bertz CT molecular complexity index is 1120. The first-order valence-electron chi connectivity index (χ1n) is 10.3. The number of aryl methyl sites for hydroxylation is 2. The highest BCUT2D eigenvalue weighted by Gasteiger charge is 2.19. The molecule has 7 nitrogen and oxygen atoms in total. The van der Waals surface area contributed by atoms with E-state index in [9.17, 15) is 5.11 Å². The third-order valence-corrected chi connectivity index (χ3v) is 5.46. The van der Waals surface area contributed by atoms with Crippen LogP contribution < -0.4 is 0 Å². The van der Waals surface area contributed by atoms with E-state index in [-0.39, 0.29) is 6.61 Å². The number of nitrogens with one attached hydrogen (secondary N) is 1. The second-order valence-corrected chi connectivity index (χ2v) is 7.37. The summed E-state index contributed by atoms with van der Waals surface area (Å²) in [6.07, 6.45) is 3.82. The van der Waals surface area contributed by atoms with Crippen LogP contribution in [0.15, 0.2) is 48.5 Å². The van der Waals surface area contributed by atoms with Gasteiger partial charge in [0.25, 0.3) is 0 Å². The van der Waals surface area contributed by atoms with Crippen LogP contribution in [0.4, 0.5) is 0 Å². The van der Waals surface area contributed by atoms with Crippen LogP contribution in [0.3, 0.4) is 0 Å². The minimum atomic E-state index is -0.0213. The van der Waals surface area contributed by atoms with E-state index < -0.39 is 0 Å². The average molecular weight is 403 g/mol. The number of hydrogen-bond acceptors (Lipinski definition) is 5. The van der Waals surface area contributed by atoms with Crippen LogP contribution in [0.5, 0.6) is 0 Å². The summed E-state index contributed by atoms with van der Waals surface area (Å²) >= 11 is 0. The summed E-state index contributed by atoms with van der Waals surface area (Å²) in [7, 11) is 1.90. The zero-order valence-corrected chi connectivity index (χ0v) is 17.3. The molecule has 4 aromatic rings. The summed E-state index contributed by atoms with van der Waals surface area (Å²) in [4.78, 5) is 0. The first kappa shape index (κ1) is 20.0. The third-order valence-electron chi connectivity index (χ3n) is 5.46. The molecule has 0 fully saturated rings. The number of aromatic nitrogens is 6. The minimum Gasteiger partial charge on any atom is -0.390 e. The highest BCUT2D eigenvalue weighted by Crippen LogP contribution is 2.34. The van der Waals surface area contributed by atoms with Crippen molar-refractivity contribution in [1.29, 1.82) is 0 Å². The molecule has 0 atom stereocenters. The number of benzene rings is 2. The molecular formula is C23H26N6O. The fourth-order valence-electron chi connectivity index (χ4n) is 3.93. The lowest BCUT2D eigenvalue weighted by Crippen LogP contribution is -2.02. The summed E-state index contributed by atoms with van der Waals surface area (Å²) in [6.45, 7) is 2.16. The van der Waals surface area contributed by atoms with E-state index in [0.29, 0.717) is 12.2 Å². The summed E-state index contributed by atoms with van der Waals surface area (Å²) in [5.41, 5.74) is 7.35. The van der Waals surface area contributed by atoms with Gasteiger partial charge in [0.05, 0.1) is 18.0 Å². The van der Waals surface area contributed by atoms with Crippen molar-refractivity contribution in [3.63, 3.8) is 0 Å². The van der Waals surface area contributed by atoms with Crippen molar-refractivity contribution < 1.29 is 5.11 Å². The van der Waals surface area contributed by atoms with Gasteiger partial charge in [-0.3, -0.25) is 4.68 Å². The Morgan fingerprint density at radius 3 is 2.43 bits per heavy atom. The van der Waals surface area contributed by atoms with E-state index in [2.05, 4.69) is 51.8 Å². The van der Waals surface area contributed by atoms with Crippen molar-refractivity contribution in [3.8, 4) is 22.5 Å². The standard InChI is InChI=1S/C23H26N6O/c1-3-4-13-21-20(22(15-30)29(2)26-21)14-16-9-5-6-10-17(16)18-11-7-8-12-19(18)23-24-27-28-25-23/h5-12,30H,3-4,13-15H2,1-2H3,(H,24,25,27,28). The lowest BCUT2D eigenvalue weighted by Gasteiger charge is -2.13. The van der Waals surface area contributed by atoms with E-state index in [1.165, 1.54) is 5.56 Å². The van der Waals surface area contributed by atoms with Crippen LogP contribution in [-0.2, 0) is 26.5 Å². The largest absolute Gasteiger partial charge is 0.390 e. The molecular weight excluding hydrogens is 376 g/mol. The predicted octanol–water partition coefficient (Wildman–Crippen LogP) is 3.69. The third kappa shape index (κ3) is 3.89. The number of aliphatic hydroxyl groups is 1. The lowest BCUT2D eigenvalue weighted by atomic mass is 9.91. The first-order chi connectivity index (χ1) is 14.7. The highest BCUT2D eigenvalue weighted by atomic mass is 16.3. The van der Waals surface area contributed by atoms with Gasteiger partial charge in [0.15, 0.2) is 0 Å². The number of nitrogens with zero attached hydrogens (tertiary/aromatic N) is 5. The molecule has 7 heteroatoms. The van der Waals surface area contributed by atoms with Crippen molar-refractivity contribution in [1.82, 2.24) is 30.4 Å². The van der Waals surface area contributed by atoms with Gasteiger partial charge in [-0.15, -0.1) is 10.2 Å². The maximum Gasteiger partial charge on any atom is 0.205 e. The van der Waals surface area contributed by atoms with E-state index in [1.54, 1.807) is 0 Å². The van der Waals surface area contributed by atoms with Gasteiger partial charge in [-0.1, -0.05) is 61.9 Å². The molecule has 2 heterocycles. The van der Waals surface area contributed by atoms with Gasteiger partial charge in [-0.25, -0.2) is 0 Å². The molecule has 0 aliphatic carbocycles. The number of hydrogen-bond donors (Lipinski definition) is 2. The van der Waals surface area contributed by atoms with Crippen LogP contribution >= 0.6 is 0 Å². The molecule has 0 saturated carbocycles. The second kappa shape index (κ2) is 9.00. The zero-order chi connectivity index (χ0) is 20.9. The van der Waals surface area contributed by atoms with Gasteiger partial charge in [0, 0.05) is 24.6 Å². The molecule has 2 N–H and O–H groups in total. The second-order valence-electron chi connectivity index (χ2n) is 7.37. The number of rotatable bonds is 8. The van der Waals surface area contributed by atoms with Gasteiger partial charge in [0.1, 0.15) is 0 Å². The summed E-state index contributed by atoms with van der Waals surface area (Å²) in [6, 6.07) is 16.4. The topological polar surface area (TPSA) is 92.5 Å². The molecule has 30 heavy (non-hydrogen) atoms. The number of H-pyrrole nitrogens is 1. The molecule has 0 amide bonds. The predicted molar refractivity (Wildman–Crippen MR) is 116 cm³/mol. The average Bonchev–Trinajstić information content (AvgIpc) is 3.41. The van der Waals surface area contributed by atoms with E-state index >= 15 is 0 Å². The fourth-order valence-corrected chi connectivity index (χ4v) is 3.93. The smallest absolute Gasteiger partial charge is 0.205 e. The van der Waals surface area contributed by atoms with Crippen LogP contribution in [-0.4, -0.2) is 35.5 Å². The van der Waals surface area contributed by atoms with E-state index in [0.717, 1.165) is 52.9 Å². The number of unbranched alkanes of at least 4 members (excludes halogenated alkanes) is 1. The molecule has 2 aromatic carbocycles. The molecule has 0 unspecified atom stereocenters. The maximum atomic E-state index is 9.98. The summed E-state index contributed by atoms with van der Waals surface area (Å²) in [5, 5.41) is 29.3. The van der Waals surface area contributed by atoms with Crippen molar-refractivity contribution in [2.24, 2.45) is 7.05 Å². The Hall–Kier alpha value is -3.32. The van der Waals surface area contributed by atoms with Crippen molar-refractivity contribution >= 4 is 0 Å². The van der Waals surface area contributed by atoms with Gasteiger partial charge in [-0.2, -0.15) is 10.3 Å². The lowest BCUT2D eigenvalue weighted by molar-refractivity contribution is 0.269. The SMILES string of the molecule is CCCCc1nn(C)c(CO)c1Cc1ccccc1-c1ccccc1-c1nn[nH]n1. The normalized spacial score (nSPS) is 11.2. The Morgan fingerprint density at radius 1 is 1.00 bits per heavy atom. The van der Waals surface area contributed by atoms with E-state index in [1.807, 2.05) is 36.0 Å².